The molecule has 0 aliphatic carbocycles. The number of hydrogen-bond donors (Lipinski definition) is 2. The summed E-state index contributed by atoms with van der Waals surface area (Å²) in [6, 6.07) is 12.4. The first-order valence-corrected chi connectivity index (χ1v) is 11.5. The predicted molar refractivity (Wildman–Crippen MR) is 118 cm³/mol. The van der Waals surface area contributed by atoms with E-state index < -0.39 is 21.2 Å². The molecule has 1 heterocycles. The van der Waals surface area contributed by atoms with Gasteiger partial charge in [0, 0.05) is 19.7 Å². The number of hydrogen-bond acceptors (Lipinski definition) is 7. The third kappa shape index (κ3) is 5.12. The lowest BCUT2D eigenvalue weighted by Gasteiger charge is -2.14. The Labute approximate surface area is 182 Å². The fraction of sp³-hybridized carbons (Fsp3) is 0.200. The van der Waals surface area contributed by atoms with Crippen LogP contribution in [0.5, 0.6) is 0 Å². The SMILES string of the molecule is CC(=O)NS(=O)(=O)c1ccc(NC(=O)C(C)Sc2nc3ccccc3c(=O)n2C)cc1. The summed E-state index contributed by atoms with van der Waals surface area (Å²) in [6.07, 6.45) is 0. The summed E-state index contributed by atoms with van der Waals surface area (Å²) < 4.78 is 27.2. The van der Waals surface area contributed by atoms with Gasteiger partial charge in [0.2, 0.25) is 11.8 Å². The van der Waals surface area contributed by atoms with E-state index in [0.29, 0.717) is 21.7 Å². The van der Waals surface area contributed by atoms with E-state index in [4.69, 9.17) is 0 Å². The van der Waals surface area contributed by atoms with Gasteiger partial charge in [-0.1, -0.05) is 23.9 Å². The number of carbonyl (C=O) groups excluding carboxylic acids is 2. The first-order valence-electron chi connectivity index (χ1n) is 9.15. The molecule has 0 bridgehead atoms. The molecule has 0 spiro atoms. The number of anilines is 1. The molecule has 2 aromatic carbocycles. The molecule has 0 saturated carbocycles. The normalized spacial score (nSPS) is 12.4. The zero-order chi connectivity index (χ0) is 22.8. The van der Waals surface area contributed by atoms with E-state index in [1.165, 1.54) is 28.8 Å². The van der Waals surface area contributed by atoms with Crippen LogP contribution in [0.1, 0.15) is 13.8 Å². The maximum absolute atomic E-state index is 12.6. The van der Waals surface area contributed by atoms with Crippen molar-refractivity contribution >= 4 is 50.2 Å². The van der Waals surface area contributed by atoms with Gasteiger partial charge in [-0.2, -0.15) is 0 Å². The van der Waals surface area contributed by atoms with E-state index in [0.717, 1.165) is 18.7 Å². The Bertz CT molecular complexity index is 1320. The fourth-order valence-corrected chi connectivity index (χ4v) is 4.59. The number of rotatable bonds is 6. The van der Waals surface area contributed by atoms with Crippen LogP contribution in [0.25, 0.3) is 10.9 Å². The largest absolute Gasteiger partial charge is 0.325 e. The molecule has 9 nitrogen and oxygen atoms in total. The maximum atomic E-state index is 12.6. The van der Waals surface area contributed by atoms with Crippen LogP contribution in [0.2, 0.25) is 0 Å². The highest BCUT2D eigenvalue weighted by Gasteiger charge is 2.19. The van der Waals surface area contributed by atoms with Crippen LogP contribution in [0.4, 0.5) is 5.69 Å². The van der Waals surface area contributed by atoms with Crippen LogP contribution in [-0.4, -0.2) is 35.0 Å². The average molecular weight is 461 g/mol. The topological polar surface area (TPSA) is 127 Å². The summed E-state index contributed by atoms with van der Waals surface area (Å²) in [5, 5.41) is 3.02. The van der Waals surface area contributed by atoms with Crippen LogP contribution < -0.4 is 15.6 Å². The van der Waals surface area contributed by atoms with Crippen molar-refractivity contribution in [3.8, 4) is 0 Å². The Balaban J connectivity index is 1.73. The highest BCUT2D eigenvalue weighted by Crippen LogP contribution is 2.23. The zero-order valence-electron chi connectivity index (χ0n) is 16.9. The van der Waals surface area contributed by atoms with E-state index in [1.807, 2.05) is 4.72 Å². The van der Waals surface area contributed by atoms with Crippen LogP contribution >= 0.6 is 11.8 Å². The molecule has 3 rings (SSSR count). The van der Waals surface area contributed by atoms with E-state index in [-0.39, 0.29) is 16.4 Å². The third-order valence-corrected chi connectivity index (χ3v) is 6.90. The Kier molecular flexibility index (Phi) is 6.46. The average Bonchev–Trinajstić information content (AvgIpc) is 2.71. The smallest absolute Gasteiger partial charge is 0.264 e. The maximum Gasteiger partial charge on any atom is 0.264 e. The van der Waals surface area contributed by atoms with Gasteiger partial charge >= 0.3 is 0 Å². The molecule has 1 aromatic heterocycles. The summed E-state index contributed by atoms with van der Waals surface area (Å²) in [5.74, 6) is -1.04. The number of benzene rings is 2. The standard InChI is InChI=1S/C20H20N4O5S2/c1-12(30-20-22-17-7-5-4-6-16(17)19(27)24(20)3)18(26)21-14-8-10-15(11-9-14)31(28,29)23-13(2)25/h4-12H,1-3H3,(H,21,26)(H,23,25). The van der Waals surface area contributed by atoms with E-state index in [9.17, 15) is 22.8 Å². The lowest BCUT2D eigenvalue weighted by molar-refractivity contribution is -0.117. The summed E-state index contributed by atoms with van der Waals surface area (Å²) >= 11 is 1.14. The van der Waals surface area contributed by atoms with Gasteiger partial charge in [-0.3, -0.25) is 19.0 Å². The van der Waals surface area contributed by atoms with Gasteiger partial charge in [-0.25, -0.2) is 18.1 Å². The monoisotopic (exact) mass is 460 g/mol. The lowest BCUT2D eigenvalue weighted by Crippen LogP contribution is -2.28. The highest BCUT2D eigenvalue weighted by atomic mass is 32.2. The summed E-state index contributed by atoms with van der Waals surface area (Å²) in [5.41, 5.74) is 0.743. The van der Waals surface area contributed by atoms with Crippen molar-refractivity contribution in [2.24, 2.45) is 7.05 Å². The molecule has 1 unspecified atom stereocenters. The van der Waals surface area contributed by atoms with E-state index in [1.54, 1.807) is 38.2 Å². The molecule has 31 heavy (non-hydrogen) atoms. The Morgan fingerprint density at radius 1 is 1.10 bits per heavy atom. The number of fused-ring (bicyclic) bond motifs is 1. The molecular weight excluding hydrogens is 440 g/mol. The number of amides is 2. The molecule has 0 saturated heterocycles. The Morgan fingerprint density at radius 3 is 2.39 bits per heavy atom. The van der Waals surface area contributed by atoms with Crippen molar-refractivity contribution in [3.63, 3.8) is 0 Å². The number of para-hydroxylation sites is 1. The van der Waals surface area contributed by atoms with Gasteiger partial charge in [0.15, 0.2) is 5.16 Å². The van der Waals surface area contributed by atoms with Crippen molar-refractivity contribution < 1.29 is 18.0 Å². The van der Waals surface area contributed by atoms with Gasteiger partial charge < -0.3 is 5.32 Å². The third-order valence-electron chi connectivity index (χ3n) is 4.30. The molecule has 162 valence electrons. The van der Waals surface area contributed by atoms with Crippen LogP contribution in [-0.2, 0) is 26.7 Å². The second-order valence-electron chi connectivity index (χ2n) is 6.71. The molecule has 0 aliphatic rings. The second kappa shape index (κ2) is 8.90. The summed E-state index contributed by atoms with van der Waals surface area (Å²) in [7, 11) is -2.35. The lowest BCUT2D eigenvalue weighted by atomic mass is 10.2. The summed E-state index contributed by atoms with van der Waals surface area (Å²) in [6.45, 7) is 2.78. The number of thioether (sulfide) groups is 1. The van der Waals surface area contributed by atoms with Gasteiger partial charge in [0.05, 0.1) is 21.0 Å². The number of nitrogens with zero attached hydrogens (tertiary/aromatic N) is 2. The van der Waals surface area contributed by atoms with Crippen molar-refractivity contribution in [3.05, 3.63) is 58.9 Å². The molecule has 2 N–H and O–H groups in total. The number of sulfonamides is 1. The zero-order valence-corrected chi connectivity index (χ0v) is 18.6. The molecule has 1 atom stereocenters. The molecule has 0 aliphatic heterocycles. The number of nitrogens with one attached hydrogen (secondary N) is 2. The highest BCUT2D eigenvalue weighted by molar-refractivity contribution is 8.00. The van der Waals surface area contributed by atoms with Crippen molar-refractivity contribution in [1.29, 1.82) is 0 Å². The Morgan fingerprint density at radius 2 is 1.74 bits per heavy atom. The minimum atomic E-state index is -3.95. The number of carbonyl (C=O) groups is 2. The Hall–Kier alpha value is -3.18. The molecular formula is C20H20N4O5S2. The minimum Gasteiger partial charge on any atom is -0.325 e. The van der Waals surface area contributed by atoms with Crippen LogP contribution in [0.15, 0.2) is 63.4 Å². The predicted octanol–water partition coefficient (Wildman–Crippen LogP) is 1.88. The van der Waals surface area contributed by atoms with Crippen molar-refractivity contribution in [2.75, 3.05) is 5.32 Å². The first-order chi connectivity index (χ1) is 14.6. The summed E-state index contributed by atoms with van der Waals surface area (Å²) in [4.78, 5) is 40.5. The molecule has 0 fully saturated rings. The quantitative estimate of drug-likeness (QED) is 0.425. The molecule has 0 radical (unpaired) electrons. The van der Waals surface area contributed by atoms with Crippen LogP contribution in [0.3, 0.4) is 0 Å². The molecule has 11 heteroatoms. The molecule has 2 amide bonds. The van der Waals surface area contributed by atoms with E-state index in [2.05, 4.69) is 10.3 Å². The molecule has 3 aromatic rings. The van der Waals surface area contributed by atoms with Gasteiger partial charge in [-0.05, 0) is 43.3 Å². The number of aromatic nitrogens is 2. The van der Waals surface area contributed by atoms with Crippen LogP contribution in [0, 0.1) is 0 Å². The van der Waals surface area contributed by atoms with Gasteiger partial charge in [0.1, 0.15) is 0 Å². The van der Waals surface area contributed by atoms with Crippen molar-refractivity contribution in [2.45, 2.75) is 29.1 Å². The van der Waals surface area contributed by atoms with Gasteiger partial charge in [-0.15, -0.1) is 0 Å². The van der Waals surface area contributed by atoms with Crippen molar-refractivity contribution in [1.82, 2.24) is 14.3 Å². The fourth-order valence-electron chi connectivity index (χ4n) is 2.72. The second-order valence-corrected chi connectivity index (χ2v) is 9.70. The van der Waals surface area contributed by atoms with E-state index >= 15 is 0 Å². The minimum absolute atomic E-state index is 0.0986. The first kappa shape index (κ1) is 22.5. The van der Waals surface area contributed by atoms with Gasteiger partial charge in [0.25, 0.3) is 15.6 Å².